The molecule has 2 nitrogen and oxygen atoms in total. The average Bonchev–Trinajstić information content (AvgIpc) is 2.60. The van der Waals surface area contributed by atoms with Crippen molar-refractivity contribution in [3.8, 4) is 0 Å². The Bertz CT molecular complexity index is 808. The molecule has 136 valence electrons. The summed E-state index contributed by atoms with van der Waals surface area (Å²) in [6.45, 7) is 2.36. The van der Waals surface area contributed by atoms with Gasteiger partial charge in [-0.2, -0.15) is 0 Å². The lowest BCUT2D eigenvalue weighted by molar-refractivity contribution is -0.0671. The highest BCUT2D eigenvalue weighted by atomic mass is 32.1. The second-order valence-electron chi connectivity index (χ2n) is 9.16. The van der Waals surface area contributed by atoms with Gasteiger partial charge < -0.3 is 10.6 Å². The molecule has 4 aliphatic carbocycles. The first-order valence-electron chi connectivity index (χ1n) is 10.2. The molecule has 2 aromatic rings. The standard InChI is InChI=1S/C23H28N2S/c1-15(23-12-16-8-17(13-23)10-18(9-16)14-23)24-22(26)25-21-7-6-19-4-2-3-5-20(19)11-21/h2-7,11,15-18H,8-10,12-14H2,1H3,(H2,24,25,26). The Morgan fingerprint density at radius 1 is 0.962 bits per heavy atom. The molecule has 4 fully saturated rings. The van der Waals surface area contributed by atoms with Gasteiger partial charge in [-0.15, -0.1) is 0 Å². The molecule has 4 bridgehead atoms. The molecule has 3 heteroatoms. The fourth-order valence-electron chi connectivity index (χ4n) is 6.49. The van der Waals surface area contributed by atoms with Crippen LogP contribution in [-0.4, -0.2) is 11.2 Å². The van der Waals surface area contributed by atoms with Crippen molar-refractivity contribution in [1.29, 1.82) is 0 Å². The molecule has 4 aliphatic rings. The van der Waals surface area contributed by atoms with E-state index in [1.807, 2.05) is 0 Å². The Morgan fingerprint density at radius 3 is 2.23 bits per heavy atom. The zero-order valence-electron chi connectivity index (χ0n) is 15.5. The Morgan fingerprint density at radius 2 is 1.58 bits per heavy atom. The number of hydrogen-bond acceptors (Lipinski definition) is 1. The SMILES string of the molecule is CC(NC(=S)Nc1ccc2ccccc2c1)C12CC3CC(CC(C3)C1)C2. The first kappa shape index (κ1) is 16.6. The fraction of sp³-hybridized carbons (Fsp3) is 0.522. The second-order valence-corrected chi connectivity index (χ2v) is 9.57. The highest BCUT2D eigenvalue weighted by Gasteiger charge is 2.53. The number of thiocarbonyl (C=S) groups is 1. The zero-order valence-corrected chi connectivity index (χ0v) is 16.3. The number of hydrogen-bond donors (Lipinski definition) is 2. The molecular formula is C23H28N2S. The van der Waals surface area contributed by atoms with Crippen LogP contribution in [0.15, 0.2) is 42.5 Å². The van der Waals surface area contributed by atoms with Crippen molar-refractivity contribution in [2.45, 2.75) is 51.5 Å². The minimum Gasteiger partial charge on any atom is -0.359 e. The van der Waals surface area contributed by atoms with Crippen molar-refractivity contribution in [2.75, 3.05) is 5.32 Å². The minimum absolute atomic E-state index is 0.455. The Balaban J connectivity index is 1.27. The van der Waals surface area contributed by atoms with Crippen molar-refractivity contribution >= 4 is 33.8 Å². The summed E-state index contributed by atoms with van der Waals surface area (Å²) in [6.07, 6.45) is 8.70. The van der Waals surface area contributed by atoms with Crippen LogP contribution in [0.3, 0.4) is 0 Å². The van der Waals surface area contributed by atoms with Crippen molar-refractivity contribution in [1.82, 2.24) is 5.32 Å². The number of benzene rings is 2. The molecule has 26 heavy (non-hydrogen) atoms. The molecule has 6 rings (SSSR count). The lowest BCUT2D eigenvalue weighted by atomic mass is 9.48. The highest BCUT2D eigenvalue weighted by Crippen LogP contribution is 2.61. The van der Waals surface area contributed by atoms with Gasteiger partial charge in [-0.1, -0.05) is 30.3 Å². The van der Waals surface area contributed by atoms with E-state index in [2.05, 4.69) is 60.0 Å². The normalized spacial score (nSPS) is 33.2. The van der Waals surface area contributed by atoms with E-state index in [-0.39, 0.29) is 0 Å². The maximum Gasteiger partial charge on any atom is 0.171 e. The van der Waals surface area contributed by atoms with Gasteiger partial charge in [0.2, 0.25) is 0 Å². The number of fused-ring (bicyclic) bond motifs is 1. The lowest BCUT2D eigenvalue weighted by Crippen LogP contribution is -2.56. The van der Waals surface area contributed by atoms with Gasteiger partial charge in [0.25, 0.3) is 0 Å². The summed E-state index contributed by atoms with van der Waals surface area (Å²) >= 11 is 5.67. The monoisotopic (exact) mass is 364 g/mol. The topological polar surface area (TPSA) is 24.1 Å². The molecule has 0 saturated heterocycles. The van der Waals surface area contributed by atoms with Gasteiger partial charge in [0.1, 0.15) is 0 Å². The van der Waals surface area contributed by atoms with Crippen molar-refractivity contribution in [3.63, 3.8) is 0 Å². The third kappa shape index (κ3) is 2.90. The van der Waals surface area contributed by atoms with Crippen molar-refractivity contribution in [3.05, 3.63) is 42.5 Å². The molecule has 1 unspecified atom stereocenters. The number of rotatable bonds is 3. The smallest absolute Gasteiger partial charge is 0.171 e. The summed E-state index contributed by atoms with van der Waals surface area (Å²) in [5.41, 5.74) is 1.54. The molecule has 0 aliphatic heterocycles. The van der Waals surface area contributed by atoms with Crippen LogP contribution < -0.4 is 10.6 Å². The van der Waals surface area contributed by atoms with E-state index in [1.54, 1.807) is 0 Å². The molecule has 0 amide bonds. The van der Waals surface area contributed by atoms with Crippen molar-refractivity contribution in [2.24, 2.45) is 23.2 Å². The highest BCUT2D eigenvalue weighted by molar-refractivity contribution is 7.80. The van der Waals surface area contributed by atoms with Crippen LogP contribution >= 0.6 is 12.2 Å². The molecule has 0 radical (unpaired) electrons. The van der Waals surface area contributed by atoms with E-state index in [4.69, 9.17) is 12.2 Å². The predicted molar refractivity (Wildman–Crippen MR) is 113 cm³/mol. The fourth-order valence-corrected chi connectivity index (χ4v) is 6.79. The van der Waals surface area contributed by atoms with Crippen LogP contribution in [0.5, 0.6) is 0 Å². The van der Waals surface area contributed by atoms with Gasteiger partial charge in [-0.3, -0.25) is 0 Å². The third-order valence-electron chi connectivity index (χ3n) is 7.36. The molecule has 4 saturated carbocycles. The van der Waals surface area contributed by atoms with Gasteiger partial charge in [0.05, 0.1) is 0 Å². The molecule has 0 heterocycles. The van der Waals surface area contributed by atoms with E-state index in [1.165, 1.54) is 49.3 Å². The van der Waals surface area contributed by atoms with Crippen LogP contribution in [0, 0.1) is 23.2 Å². The van der Waals surface area contributed by atoms with Crippen LogP contribution in [0.2, 0.25) is 0 Å². The largest absolute Gasteiger partial charge is 0.359 e. The second kappa shape index (κ2) is 6.23. The quantitative estimate of drug-likeness (QED) is 0.680. The molecular weight excluding hydrogens is 336 g/mol. The molecule has 0 spiro atoms. The lowest BCUT2D eigenvalue weighted by Gasteiger charge is -2.59. The average molecular weight is 365 g/mol. The van der Waals surface area contributed by atoms with Crippen LogP contribution in [0.1, 0.15) is 45.4 Å². The Kier molecular flexibility index (Phi) is 3.97. The van der Waals surface area contributed by atoms with Gasteiger partial charge in [-0.25, -0.2) is 0 Å². The number of anilines is 1. The van der Waals surface area contributed by atoms with Gasteiger partial charge in [-0.05, 0) is 104 Å². The van der Waals surface area contributed by atoms with Crippen LogP contribution in [0.4, 0.5) is 5.69 Å². The summed E-state index contributed by atoms with van der Waals surface area (Å²) in [7, 11) is 0. The molecule has 1 atom stereocenters. The van der Waals surface area contributed by atoms with E-state index < -0.39 is 0 Å². The first-order valence-corrected chi connectivity index (χ1v) is 10.6. The van der Waals surface area contributed by atoms with E-state index >= 15 is 0 Å². The van der Waals surface area contributed by atoms with Gasteiger partial charge in [0, 0.05) is 11.7 Å². The van der Waals surface area contributed by atoms with E-state index in [0.717, 1.165) is 28.6 Å². The maximum absolute atomic E-state index is 5.67. The van der Waals surface area contributed by atoms with E-state index in [0.29, 0.717) is 11.5 Å². The number of nitrogens with one attached hydrogen (secondary N) is 2. The predicted octanol–water partition coefficient (Wildman–Crippen LogP) is 5.73. The van der Waals surface area contributed by atoms with Crippen LogP contribution in [-0.2, 0) is 0 Å². The van der Waals surface area contributed by atoms with Gasteiger partial charge in [0.15, 0.2) is 5.11 Å². The maximum atomic E-state index is 5.67. The molecule has 2 N–H and O–H groups in total. The summed E-state index contributed by atoms with van der Waals surface area (Å²) in [6, 6.07) is 15.4. The zero-order chi connectivity index (χ0) is 17.7. The van der Waals surface area contributed by atoms with Crippen LogP contribution in [0.25, 0.3) is 10.8 Å². The third-order valence-corrected chi connectivity index (χ3v) is 7.58. The summed E-state index contributed by atoms with van der Waals surface area (Å²) in [5, 5.41) is 10.3. The Labute approximate surface area is 161 Å². The minimum atomic E-state index is 0.455. The molecule has 0 aromatic heterocycles. The Hall–Kier alpha value is -1.61. The molecule has 2 aromatic carbocycles. The first-order chi connectivity index (χ1) is 12.6. The summed E-state index contributed by atoms with van der Waals surface area (Å²) < 4.78 is 0. The summed E-state index contributed by atoms with van der Waals surface area (Å²) in [5.74, 6) is 2.94. The summed E-state index contributed by atoms with van der Waals surface area (Å²) in [4.78, 5) is 0. The van der Waals surface area contributed by atoms with E-state index in [9.17, 15) is 0 Å². The van der Waals surface area contributed by atoms with Gasteiger partial charge >= 0.3 is 0 Å². The van der Waals surface area contributed by atoms with Crippen molar-refractivity contribution < 1.29 is 0 Å².